The van der Waals surface area contributed by atoms with Crippen LogP contribution in [0.15, 0.2) is 52.0 Å². The lowest BCUT2D eigenvalue weighted by Gasteiger charge is -2.13. The van der Waals surface area contributed by atoms with E-state index in [0.717, 1.165) is 32.7 Å². The summed E-state index contributed by atoms with van der Waals surface area (Å²) >= 11 is 5.08. The Morgan fingerprint density at radius 2 is 1.85 bits per heavy atom. The summed E-state index contributed by atoms with van der Waals surface area (Å²) < 4.78 is 3.12. The number of rotatable bonds is 8. The van der Waals surface area contributed by atoms with Gasteiger partial charge in [0.15, 0.2) is 0 Å². The highest BCUT2D eigenvalue weighted by atomic mass is 79.9. The van der Waals surface area contributed by atoms with E-state index in [-0.39, 0.29) is 17.3 Å². The third-order valence-electron chi connectivity index (χ3n) is 5.24. The minimum atomic E-state index is -0.430. The monoisotopic (exact) mass is 528 g/mol. The van der Waals surface area contributed by atoms with Crippen molar-refractivity contribution in [1.29, 1.82) is 0 Å². The second kappa shape index (κ2) is 10.8. The van der Waals surface area contributed by atoms with Crippen molar-refractivity contribution in [3.8, 4) is 5.69 Å². The first kappa shape index (κ1) is 24.7. The molecule has 0 bridgehead atoms. The van der Waals surface area contributed by atoms with E-state index in [1.54, 1.807) is 18.3 Å². The van der Waals surface area contributed by atoms with Gasteiger partial charge in [0.05, 0.1) is 16.9 Å². The summed E-state index contributed by atoms with van der Waals surface area (Å²) in [6, 6.07) is 12.7. The average Bonchev–Trinajstić information content (AvgIpc) is 2.97. The van der Waals surface area contributed by atoms with Crippen LogP contribution in [-0.2, 0) is 10.5 Å². The number of nitrogens with one attached hydrogen (secondary N) is 1. The highest BCUT2D eigenvalue weighted by Gasteiger charge is 2.17. The maximum absolute atomic E-state index is 12.2. The van der Waals surface area contributed by atoms with Gasteiger partial charge >= 0.3 is 0 Å². The summed E-state index contributed by atoms with van der Waals surface area (Å²) in [5, 5.41) is 14.9. The van der Waals surface area contributed by atoms with Gasteiger partial charge in [-0.1, -0.05) is 29.8 Å². The Kier molecular flexibility index (Phi) is 8.10. The molecule has 0 fully saturated rings. The minimum absolute atomic E-state index is 0.0545. The zero-order chi connectivity index (χ0) is 24.1. The lowest BCUT2D eigenvalue weighted by Crippen LogP contribution is -2.19. The van der Waals surface area contributed by atoms with Crippen LogP contribution >= 0.6 is 27.7 Å². The third kappa shape index (κ3) is 5.91. The van der Waals surface area contributed by atoms with Crippen molar-refractivity contribution in [1.82, 2.24) is 9.99 Å². The first-order valence-electron chi connectivity index (χ1n) is 10.3. The first-order valence-corrected chi connectivity index (χ1v) is 12.2. The van der Waals surface area contributed by atoms with Crippen molar-refractivity contribution >= 4 is 45.5 Å². The number of carbonyl (C=O) groups is 1. The van der Waals surface area contributed by atoms with Crippen LogP contribution in [0.5, 0.6) is 0 Å². The van der Waals surface area contributed by atoms with E-state index in [1.807, 2.05) is 13.8 Å². The highest BCUT2D eigenvalue weighted by molar-refractivity contribution is 9.10. The average molecular weight is 529 g/mol. The number of carbonyl (C=O) groups excluding carboxylic acids is 1. The van der Waals surface area contributed by atoms with Crippen molar-refractivity contribution in [3.05, 3.63) is 90.7 Å². The van der Waals surface area contributed by atoms with Gasteiger partial charge in [-0.25, -0.2) is 5.43 Å². The van der Waals surface area contributed by atoms with Crippen LogP contribution in [0.25, 0.3) is 5.69 Å². The van der Waals surface area contributed by atoms with Crippen LogP contribution in [0.2, 0.25) is 0 Å². The second-order valence-electron chi connectivity index (χ2n) is 7.73. The van der Waals surface area contributed by atoms with Crippen LogP contribution in [0.3, 0.4) is 0 Å². The molecule has 0 spiro atoms. The fraction of sp³-hybridized carbons (Fsp3) is 0.250. The smallest absolute Gasteiger partial charge is 0.269 e. The number of aryl methyl sites for hydroxylation is 2. The molecule has 0 aliphatic rings. The molecular weight excluding hydrogens is 504 g/mol. The van der Waals surface area contributed by atoms with Gasteiger partial charge in [0.2, 0.25) is 5.91 Å². The number of halogens is 1. The Bertz CT molecular complexity index is 1220. The van der Waals surface area contributed by atoms with E-state index in [0.29, 0.717) is 5.75 Å². The number of hydrogen-bond donors (Lipinski definition) is 1. The summed E-state index contributed by atoms with van der Waals surface area (Å²) in [5.41, 5.74) is 10.1. The first-order chi connectivity index (χ1) is 15.7. The Balaban J connectivity index is 1.60. The van der Waals surface area contributed by atoms with Crippen LogP contribution in [-0.4, -0.2) is 27.4 Å². The lowest BCUT2D eigenvalue weighted by atomic mass is 10.1. The largest absolute Gasteiger partial charge is 0.316 e. The predicted octanol–water partition coefficient (Wildman–Crippen LogP) is 5.77. The molecule has 0 unspecified atom stereocenters. The molecule has 0 saturated carbocycles. The van der Waals surface area contributed by atoms with Gasteiger partial charge in [-0.15, -0.1) is 11.8 Å². The van der Waals surface area contributed by atoms with E-state index in [1.165, 1.54) is 35.0 Å². The quantitative estimate of drug-likeness (QED) is 0.228. The maximum Gasteiger partial charge on any atom is 0.269 e. The fourth-order valence-corrected chi connectivity index (χ4v) is 4.91. The molecule has 7 nitrogen and oxygen atoms in total. The van der Waals surface area contributed by atoms with Gasteiger partial charge in [0.1, 0.15) is 0 Å². The normalized spacial score (nSPS) is 11.2. The number of nitro groups is 1. The van der Waals surface area contributed by atoms with Crippen LogP contribution in [0, 0.1) is 37.8 Å². The standard InChI is InChI=1S/C24H25BrN4O3S/c1-15-5-10-22(16(2)11-15)28-17(3)21(24(25)18(28)4)12-26-27-23(30)14-33-13-19-6-8-20(9-7-19)29(31)32/h5-12H,13-14H2,1-4H3,(H,27,30)/b26-12-. The van der Waals surface area contributed by atoms with Crippen molar-refractivity contribution in [2.45, 2.75) is 33.4 Å². The molecule has 1 aromatic heterocycles. The summed E-state index contributed by atoms with van der Waals surface area (Å²) in [4.78, 5) is 22.4. The number of nitro benzene ring substituents is 1. The van der Waals surface area contributed by atoms with Crippen molar-refractivity contribution in [2.75, 3.05) is 5.75 Å². The summed E-state index contributed by atoms with van der Waals surface area (Å²) in [7, 11) is 0. The molecule has 0 aliphatic heterocycles. The number of amides is 1. The molecule has 0 radical (unpaired) electrons. The summed E-state index contributed by atoms with van der Waals surface area (Å²) in [6.07, 6.45) is 1.66. The van der Waals surface area contributed by atoms with Gasteiger partial charge in [-0.2, -0.15) is 5.10 Å². The maximum atomic E-state index is 12.2. The molecule has 172 valence electrons. The molecule has 1 N–H and O–H groups in total. The van der Waals surface area contributed by atoms with Gasteiger partial charge < -0.3 is 4.57 Å². The minimum Gasteiger partial charge on any atom is -0.316 e. The molecule has 3 rings (SSSR count). The molecule has 2 aromatic carbocycles. The number of non-ortho nitro benzene ring substituents is 1. The van der Waals surface area contributed by atoms with E-state index >= 15 is 0 Å². The molecule has 0 atom stereocenters. The van der Waals surface area contributed by atoms with Crippen molar-refractivity contribution < 1.29 is 9.72 Å². The van der Waals surface area contributed by atoms with E-state index in [4.69, 9.17) is 0 Å². The second-order valence-corrected chi connectivity index (χ2v) is 9.51. The molecule has 3 aromatic rings. The molecule has 33 heavy (non-hydrogen) atoms. The summed E-state index contributed by atoms with van der Waals surface area (Å²) in [6.45, 7) is 8.24. The molecule has 0 aliphatic carbocycles. The Labute approximate surface area is 205 Å². The molecule has 9 heteroatoms. The molecule has 1 heterocycles. The predicted molar refractivity (Wildman–Crippen MR) is 137 cm³/mol. The number of thioether (sulfide) groups is 1. The number of hydrazone groups is 1. The zero-order valence-electron chi connectivity index (χ0n) is 18.9. The number of nitrogens with zero attached hydrogens (tertiary/aromatic N) is 3. The topological polar surface area (TPSA) is 89.5 Å². The Morgan fingerprint density at radius 1 is 1.15 bits per heavy atom. The van der Waals surface area contributed by atoms with Gasteiger partial charge in [0.25, 0.3) is 5.69 Å². The highest BCUT2D eigenvalue weighted by Crippen LogP contribution is 2.31. The SMILES string of the molecule is Cc1ccc(-n2c(C)c(Br)c(/C=N\NC(=O)CSCc3ccc([N+](=O)[O-])cc3)c2C)c(C)c1. The molecular formula is C24H25BrN4O3S. The van der Waals surface area contributed by atoms with Crippen molar-refractivity contribution in [2.24, 2.45) is 5.10 Å². The van der Waals surface area contributed by atoms with Gasteiger partial charge in [-0.3, -0.25) is 14.9 Å². The van der Waals surface area contributed by atoms with E-state index < -0.39 is 4.92 Å². The number of benzene rings is 2. The third-order valence-corrected chi connectivity index (χ3v) is 7.24. The lowest BCUT2D eigenvalue weighted by molar-refractivity contribution is -0.384. The van der Waals surface area contributed by atoms with E-state index in [9.17, 15) is 14.9 Å². The van der Waals surface area contributed by atoms with E-state index in [2.05, 4.69) is 63.1 Å². The van der Waals surface area contributed by atoms with Crippen LogP contribution in [0.1, 0.15) is 33.6 Å². The number of aromatic nitrogens is 1. The van der Waals surface area contributed by atoms with Gasteiger partial charge in [-0.05, 0) is 60.8 Å². The zero-order valence-corrected chi connectivity index (χ0v) is 21.3. The number of hydrogen-bond acceptors (Lipinski definition) is 5. The van der Waals surface area contributed by atoms with Crippen LogP contribution < -0.4 is 5.43 Å². The van der Waals surface area contributed by atoms with Crippen LogP contribution in [0.4, 0.5) is 5.69 Å². The van der Waals surface area contributed by atoms with Crippen molar-refractivity contribution in [3.63, 3.8) is 0 Å². The van der Waals surface area contributed by atoms with Gasteiger partial charge in [0, 0.05) is 45.0 Å². The summed E-state index contributed by atoms with van der Waals surface area (Å²) in [5.74, 6) is 0.604. The molecule has 1 amide bonds. The Morgan fingerprint density at radius 3 is 2.48 bits per heavy atom. The Hall–Kier alpha value is -2.91. The fourth-order valence-electron chi connectivity index (χ4n) is 3.57. The molecule has 0 saturated heterocycles.